The van der Waals surface area contributed by atoms with Gasteiger partial charge in [0.25, 0.3) is 0 Å². The SMILES string of the molecule is C=C(C)C(=O)OCC[N+](C)(C)C.[I-]. The molecule has 0 N–H and O–H groups in total. The highest BCUT2D eigenvalue weighted by molar-refractivity contribution is 5.86. The second-order valence-corrected chi connectivity index (χ2v) is 3.93. The monoisotopic (exact) mass is 299 g/mol. The van der Waals surface area contributed by atoms with Gasteiger partial charge >= 0.3 is 5.97 Å². The Balaban J connectivity index is 0. The molecule has 0 aromatic rings. The summed E-state index contributed by atoms with van der Waals surface area (Å²) in [5, 5.41) is 0. The van der Waals surface area contributed by atoms with Crippen LogP contribution in [-0.4, -0.2) is 44.7 Å². The molecule has 0 rings (SSSR count). The fourth-order valence-corrected chi connectivity index (χ4v) is 0.535. The molecule has 0 atom stereocenters. The van der Waals surface area contributed by atoms with E-state index >= 15 is 0 Å². The third-order valence-electron chi connectivity index (χ3n) is 1.34. The predicted octanol–water partition coefficient (Wildman–Crippen LogP) is -2.18. The molecule has 13 heavy (non-hydrogen) atoms. The normalized spacial score (nSPS) is 10.2. The molecule has 0 aliphatic heterocycles. The van der Waals surface area contributed by atoms with E-state index in [4.69, 9.17) is 4.74 Å². The van der Waals surface area contributed by atoms with Crippen LogP contribution < -0.4 is 24.0 Å². The average molecular weight is 299 g/mol. The van der Waals surface area contributed by atoms with E-state index in [0.717, 1.165) is 11.0 Å². The molecule has 0 radical (unpaired) electrons. The zero-order valence-electron chi connectivity index (χ0n) is 8.76. The summed E-state index contributed by atoms with van der Waals surface area (Å²) >= 11 is 0. The number of likely N-dealkylation sites (N-methyl/N-ethyl adjacent to an activating group) is 1. The van der Waals surface area contributed by atoms with Crippen LogP contribution in [0.1, 0.15) is 6.92 Å². The van der Waals surface area contributed by atoms with Crippen molar-refractivity contribution in [3.05, 3.63) is 12.2 Å². The van der Waals surface area contributed by atoms with Crippen molar-refractivity contribution >= 4 is 5.97 Å². The van der Waals surface area contributed by atoms with Gasteiger partial charge in [0.2, 0.25) is 0 Å². The Morgan fingerprint density at radius 3 is 2.15 bits per heavy atom. The van der Waals surface area contributed by atoms with Gasteiger partial charge in [0.1, 0.15) is 13.2 Å². The lowest BCUT2D eigenvalue weighted by atomic mass is 10.4. The summed E-state index contributed by atoms with van der Waals surface area (Å²) in [5.74, 6) is -0.302. The Kier molecular flexibility index (Phi) is 7.53. The predicted molar refractivity (Wildman–Crippen MR) is 48.7 cm³/mol. The maximum absolute atomic E-state index is 10.9. The molecule has 4 heteroatoms. The number of ether oxygens (including phenoxy) is 1. The smallest absolute Gasteiger partial charge is 0.333 e. The molecule has 3 nitrogen and oxygen atoms in total. The summed E-state index contributed by atoms with van der Waals surface area (Å²) in [7, 11) is 6.15. The summed E-state index contributed by atoms with van der Waals surface area (Å²) in [5.41, 5.74) is 0.455. The number of esters is 1. The Hall–Kier alpha value is -0.100. The highest BCUT2D eigenvalue weighted by Crippen LogP contribution is 1.94. The molecule has 0 aliphatic carbocycles. The standard InChI is InChI=1S/C9H18NO2.HI/c1-8(2)9(11)12-7-6-10(3,4)5;/h1,6-7H2,2-5H3;1H/q+1;/p-1. The van der Waals surface area contributed by atoms with E-state index in [0.29, 0.717) is 12.2 Å². The molecule has 0 bridgehead atoms. The number of carbonyl (C=O) groups excluding carboxylic acids is 1. The first-order chi connectivity index (χ1) is 5.33. The number of hydrogen-bond donors (Lipinski definition) is 0. The lowest BCUT2D eigenvalue weighted by Crippen LogP contribution is -3.00. The maximum Gasteiger partial charge on any atom is 0.333 e. The molecule has 0 aromatic heterocycles. The molecule has 0 saturated heterocycles. The Morgan fingerprint density at radius 1 is 1.38 bits per heavy atom. The van der Waals surface area contributed by atoms with E-state index in [1.165, 1.54) is 0 Å². The van der Waals surface area contributed by atoms with Crippen LogP contribution in [0.3, 0.4) is 0 Å². The minimum Gasteiger partial charge on any atom is -1.00 e. The van der Waals surface area contributed by atoms with Crippen molar-refractivity contribution in [1.82, 2.24) is 0 Å². The van der Waals surface area contributed by atoms with Gasteiger partial charge in [-0.1, -0.05) is 6.58 Å². The largest absolute Gasteiger partial charge is 1.00 e. The van der Waals surface area contributed by atoms with Crippen LogP contribution in [0.4, 0.5) is 0 Å². The number of quaternary nitrogens is 1. The van der Waals surface area contributed by atoms with Crippen molar-refractivity contribution < 1.29 is 38.0 Å². The summed E-state index contributed by atoms with van der Waals surface area (Å²) in [6, 6.07) is 0. The van der Waals surface area contributed by atoms with Gasteiger partial charge in [-0.2, -0.15) is 0 Å². The van der Waals surface area contributed by atoms with Gasteiger partial charge in [0, 0.05) is 5.57 Å². The lowest BCUT2D eigenvalue weighted by molar-refractivity contribution is -0.870. The highest BCUT2D eigenvalue weighted by atomic mass is 127. The van der Waals surface area contributed by atoms with Crippen molar-refractivity contribution in [2.24, 2.45) is 0 Å². The highest BCUT2D eigenvalue weighted by Gasteiger charge is 2.09. The van der Waals surface area contributed by atoms with Gasteiger partial charge in [0.05, 0.1) is 21.1 Å². The molecule has 0 unspecified atom stereocenters. The van der Waals surface area contributed by atoms with Crippen LogP contribution in [0.15, 0.2) is 12.2 Å². The van der Waals surface area contributed by atoms with Crippen LogP contribution in [0.5, 0.6) is 0 Å². The fourth-order valence-electron chi connectivity index (χ4n) is 0.535. The quantitative estimate of drug-likeness (QED) is 0.255. The molecule has 0 spiro atoms. The second kappa shape index (κ2) is 6.37. The molecule has 78 valence electrons. The third kappa shape index (κ3) is 9.82. The summed E-state index contributed by atoms with van der Waals surface area (Å²) in [6.45, 7) is 6.41. The number of carbonyl (C=O) groups is 1. The van der Waals surface area contributed by atoms with Crippen LogP contribution in [-0.2, 0) is 9.53 Å². The van der Waals surface area contributed by atoms with Crippen molar-refractivity contribution in [1.29, 1.82) is 0 Å². The first kappa shape index (κ1) is 15.4. The van der Waals surface area contributed by atoms with Crippen LogP contribution >= 0.6 is 0 Å². The molecule has 0 fully saturated rings. The molecular weight excluding hydrogens is 281 g/mol. The van der Waals surface area contributed by atoms with Crippen LogP contribution in [0, 0.1) is 0 Å². The Morgan fingerprint density at radius 2 is 1.85 bits per heavy atom. The molecule has 0 saturated carbocycles. The topological polar surface area (TPSA) is 26.3 Å². The van der Waals surface area contributed by atoms with E-state index in [-0.39, 0.29) is 29.9 Å². The van der Waals surface area contributed by atoms with Gasteiger partial charge in [-0.15, -0.1) is 0 Å². The number of hydrogen-bond acceptors (Lipinski definition) is 2. The van der Waals surface area contributed by atoms with Gasteiger partial charge in [0.15, 0.2) is 0 Å². The minimum atomic E-state index is -0.302. The average Bonchev–Trinajstić information content (AvgIpc) is 1.84. The molecule has 0 aliphatic rings. The van der Waals surface area contributed by atoms with Crippen LogP contribution in [0.2, 0.25) is 0 Å². The molecule has 0 aromatic carbocycles. The fraction of sp³-hybridized carbons (Fsp3) is 0.667. The Labute approximate surface area is 97.4 Å². The zero-order valence-corrected chi connectivity index (χ0v) is 10.9. The van der Waals surface area contributed by atoms with Crippen molar-refractivity contribution in [3.63, 3.8) is 0 Å². The number of nitrogens with zero attached hydrogens (tertiary/aromatic N) is 1. The van der Waals surface area contributed by atoms with Crippen LogP contribution in [0.25, 0.3) is 0 Å². The van der Waals surface area contributed by atoms with Gasteiger partial charge < -0.3 is 33.2 Å². The Bertz CT molecular complexity index is 185. The van der Waals surface area contributed by atoms with Crippen molar-refractivity contribution in [2.45, 2.75) is 6.92 Å². The zero-order chi connectivity index (χ0) is 9.78. The van der Waals surface area contributed by atoms with Crippen molar-refractivity contribution in [2.75, 3.05) is 34.3 Å². The number of halogens is 1. The van der Waals surface area contributed by atoms with E-state index in [1.807, 2.05) is 0 Å². The first-order valence-corrected chi connectivity index (χ1v) is 3.96. The summed E-state index contributed by atoms with van der Waals surface area (Å²) in [6.07, 6.45) is 0. The molecular formula is C9H18INO2. The minimum absolute atomic E-state index is 0. The lowest BCUT2D eigenvalue weighted by Gasteiger charge is -2.23. The van der Waals surface area contributed by atoms with E-state index in [2.05, 4.69) is 27.7 Å². The van der Waals surface area contributed by atoms with Gasteiger partial charge in [-0.05, 0) is 6.92 Å². The molecule has 0 amide bonds. The summed E-state index contributed by atoms with van der Waals surface area (Å²) < 4.78 is 5.72. The van der Waals surface area contributed by atoms with E-state index in [9.17, 15) is 4.79 Å². The third-order valence-corrected chi connectivity index (χ3v) is 1.34. The molecule has 0 heterocycles. The summed E-state index contributed by atoms with van der Waals surface area (Å²) in [4.78, 5) is 10.9. The number of rotatable bonds is 4. The van der Waals surface area contributed by atoms with Gasteiger partial charge in [-0.3, -0.25) is 0 Å². The maximum atomic E-state index is 10.9. The van der Waals surface area contributed by atoms with Gasteiger partial charge in [-0.25, -0.2) is 4.79 Å². The first-order valence-electron chi connectivity index (χ1n) is 3.96. The van der Waals surface area contributed by atoms with E-state index < -0.39 is 0 Å². The van der Waals surface area contributed by atoms with E-state index in [1.54, 1.807) is 6.92 Å². The second-order valence-electron chi connectivity index (χ2n) is 3.93. The van der Waals surface area contributed by atoms with Crippen molar-refractivity contribution in [3.8, 4) is 0 Å².